The van der Waals surface area contributed by atoms with E-state index in [-0.39, 0.29) is 21.8 Å². The highest BCUT2D eigenvalue weighted by Crippen LogP contribution is 2.40. The number of rotatable bonds is 11. The third-order valence-electron chi connectivity index (χ3n) is 7.87. The molecule has 5 rings (SSSR count). The molecule has 0 aliphatic carbocycles. The van der Waals surface area contributed by atoms with Gasteiger partial charge < -0.3 is 19.5 Å². The van der Waals surface area contributed by atoms with Crippen LogP contribution in [0.4, 0.5) is 0 Å². The molecule has 2 heterocycles. The van der Waals surface area contributed by atoms with Crippen LogP contribution in [0.5, 0.6) is 5.75 Å². The molecule has 0 radical (unpaired) electrons. The Kier molecular flexibility index (Phi) is 9.80. The Bertz CT molecular complexity index is 1600. The molecule has 0 saturated carbocycles. The number of likely N-dealkylation sites (tertiary alicyclic amines) is 1. The van der Waals surface area contributed by atoms with E-state index in [0.29, 0.717) is 44.1 Å². The van der Waals surface area contributed by atoms with Crippen LogP contribution < -0.4 is 4.74 Å². The molecule has 1 amide bonds. The molecule has 44 heavy (non-hydrogen) atoms. The minimum Gasteiger partial charge on any atom is -0.507 e. The third kappa shape index (κ3) is 6.86. The molecule has 3 aromatic rings. The average Bonchev–Trinajstić information content (AvgIpc) is 3.29. The summed E-state index contributed by atoms with van der Waals surface area (Å²) in [5.74, 6) is -1.20. The number of aliphatic hydroxyl groups is 1. The molecule has 2 saturated heterocycles. The first-order valence-electron chi connectivity index (χ1n) is 14.5. The van der Waals surface area contributed by atoms with Gasteiger partial charge in [0.05, 0.1) is 29.7 Å². The summed E-state index contributed by atoms with van der Waals surface area (Å²) in [5, 5.41) is 11.4. The van der Waals surface area contributed by atoms with Crippen LogP contribution in [0, 0.1) is 0 Å². The lowest BCUT2D eigenvalue weighted by Crippen LogP contribution is -2.38. The van der Waals surface area contributed by atoms with Gasteiger partial charge >= 0.3 is 0 Å². The summed E-state index contributed by atoms with van der Waals surface area (Å²) in [5.41, 5.74) is 1.87. The van der Waals surface area contributed by atoms with Crippen LogP contribution in [-0.2, 0) is 31.0 Å². The topological polar surface area (TPSA) is 117 Å². The van der Waals surface area contributed by atoms with Crippen LogP contribution in [0.2, 0.25) is 0 Å². The molecule has 0 bridgehead atoms. The van der Waals surface area contributed by atoms with Crippen molar-refractivity contribution in [2.75, 3.05) is 53.5 Å². The SMILES string of the molecule is CN(C)S(=O)(=O)c1ccc(C(O)=C2C(=O)C(=O)N(CCCN3CCOCC3)C2c2ccc(OCc3ccccc3)cc2)cc1. The van der Waals surface area contributed by atoms with Crippen molar-refractivity contribution in [3.63, 3.8) is 0 Å². The number of carbonyl (C=O) groups excluding carboxylic acids is 2. The van der Waals surface area contributed by atoms with Gasteiger partial charge in [-0.2, -0.15) is 0 Å². The van der Waals surface area contributed by atoms with Gasteiger partial charge in [0.2, 0.25) is 10.0 Å². The fourth-order valence-electron chi connectivity index (χ4n) is 5.38. The molecule has 232 valence electrons. The van der Waals surface area contributed by atoms with Gasteiger partial charge in [-0.1, -0.05) is 42.5 Å². The zero-order valence-corrected chi connectivity index (χ0v) is 25.7. The number of amides is 1. The second kappa shape index (κ2) is 13.7. The minimum absolute atomic E-state index is 0.0393. The molecule has 0 aromatic heterocycles. The molecule has 1 unspecified atom stereocenters. The van der Waals surface area contributed by atoms with Crippen LogP contribution in [0.25, 0.3) is 5.76 Å². The molecule has 10 nitrogen and oxygen atoms in total. The molecule has 3 aromatic carbocycles. The lowest BCUT2D eigenvalue weighted by molar-refractivity contribution is -0.140. The molecular weight excluding hydrogens is 582 g/mol. The Morgan fingerprint density at radius 1 is 0.932 bits per heavy atom. The first-order chi connectivity index (χ1) is 21.2. The van der Waals surface area contributed by atoms with Crippen LogP contribution in [-0.4, -0.2) is 92.8 Å². The van der Waals surface area contributed by atoms with Gasteiger partial charge in [-0.25, -0.2) is 12.7 Å². The summed E-state index contributed by atoms with van der Waals surface area (Å²) in [6, 6.07) is 21.7. The smallest absolute Gasteiger partial charge is 0.295 e. The normalized spacial score (nSPS) is 19.1. The summed E-state index contributed by atoms with van der Waals surface area (Å²) in [6.07, 6.45) is 0.638. The van der Waals surface area contributed by atoms with Crippen molar-refractivity contribution < 1.29 is 32.6 Å². The second-order valence-electron chi connectivity index (χ2n) is 11.0. The van der Waals surface area contributed by atoms with Gasteiger partial charge in [-0.3, -0.25) is 14.5 Å². The molecule has 2 fully saturated rings. The van der Waals surface area contributed by atoms with E-state index in [1.54, 1.807) is 24.3 Å². The van der Waals surface area contributed by atoms with Crippen molar-refractivity contribution in [3.05, 3.63) is 101 Å². The first-order valence-corrected chi connectivity index (χ1v) is 16.0. The number of nitrogens with zero attached hydrogens (tertiary/aromatic N) is 3. The number of ketones is 1. The van der Waals surface area contributed by atoms with Gasteiger partial charge in [0.25, 0.3) is 11.7 Å². The van der Waals surface area contributed by atoms with E-state index < -0.39 is 27.8 Å². The van der Waals surface area contributed by atoms with E-state index in [1.807, 2.05) is 30.3 Å². The van der Waals surface area contributed by atoms with Crippen LogP contribution >= 0.6 is 0 Å². The van der Waals surface area contributed by atoms with Crippen molar-refractivity contribution in [3.8, 4) is 5.75 Å². The highest BCUT2D eigenvalue weighted by Gasteiger charge is 2.45. The number of ether oxygens (including phenoxy) is 2. The van der Waals surface area contributed by atoms with Gasteiger partial charge in [-0.05, 0) is 53.9 Å². The highest BCUT2D eigenvalue weighted by molar-refractivity contribution is 7.89. The predicted molar refractivity (Wildman–Crippen MR) is 165 cm³/mol. The summed E-state index contributed by atoms with van der Waals surface area (Å²) < 4.78 is 37.5. The number of morpholine rings is 1. The minimum atomic E-state index is -3.68. The Hall–Kier alpha value is -4.03. The maximum atomic E-state index is 13.5. The molecule has 11 heteroatoms. The summed E-state index contributed by atoms with van der Waals surface area (Å²) >= 11 is 0. The fourth-order valence-corrected chi connectivity index (χ4v) is 6.29. The van der Waals surface area contributed by atoms with Crippen LogP contribution in [0.3, 0.4) is 0 Å². The molecule has 0 spiro atoms. The third-order valence-corrected chi connectivity index (χ3v) is 9.70. The van der Waals surface area contributed by atoms with Crippen molar-refractivity contribution in [2.24, 2.45) is 0 Å². The number of benzene rings is 3. The number of Topliss-reactive ketones (excluding diaryl/α,β-unsaturated/α-hetero) is 1. The van der Waals surface area contributed by atoms with E-state index in [0.717, 1.165) is 29.5 Å². The Labute approximate surface area is 258 Å². The zero-order valence-electron chi connectivity index (χ0n) is 24.9. The van der Waals surface area contributed by atoms with E-state index in [1.165, 1.54) is 43.3 Å². The largest absolute Gasteiger partial charge is 0.507 e. The standard InChI is InChI=1S/C33H37N3O7S/c1-34(2)44(40,41)28-15-11-26(12-16-28)31(37)29-30(25-9-13-27(14-10-25)43-23-24-7-4-3-5-8-24)36(33(39)32(29)38)18-6-17-35-19-21-42-22-20-35/h3-5,7-16,30,37H,6,17-23H2,1-2H3. The van der Waals surface area contributed by atoms with Crippen molar-refractivity contribution in [2.45, 2.75) is 24.0 Å². The Morgan fingerprint density at radius 3 is 2.23 bits per heavy atom. The van der Waals surface area contributed by atoms with Crippen LogP contribution in [0.1, 0.15) is 29.2 Å². The fraction of sp³-hybridized carbons (Fsp3) is 0.333. The second-order valence-corrected chi connectivity index (χ2v) is 13.1. The van der Waals surface area contributed by atoms with Gasteiger partial charge in [0, 0.05) is 45.8 Å². The number of aliphatic hydroxyl groups excluding tert-OH is 1. The Morgan fingerprint density at radius 2 is 1.59 bits per heavy atom. The molecule has 1 atom stereocenters. The van der Waals surface area contributed by atoms with E-state index in [2.05, 4.69) is 4.90 Å². The summed E-state index contributed by atoms with van der Waals surface area (Å²) in [6.45, 7) is 4.40. The maximum Gasteiger partial charge on any atom is 0.295 e. The quantitative estimate of drug-likeness (QED) is 0.196. The monoisotopic (exact) mass is 619 g/mol. The lowest BCUT2D eigenvalue weighted by atomic mass is 9.95. The molecule has 2 aliphatic heterocycles. The summed E-state index contributed by atoms with van der Waals surface area (Å²) in [4.78, 5) is 30.7. The van der Waals surface area contributed by atoms with Crippen molar-refractivity contribution in [1.29, 1.82) is 0 Å². The lowest BCUT2D eigenvalue weighted by Gasteiger charge is -2.29. The van der Waals surface area contributed by atoms with Crippen LogP contribution in [0.15, 0.2) is 89.3 Å². The predicted octanol–water partition coefficient (Wildman–Crippen LogP) is 3.66. The maximum absolute atomic E-state index is 13.5. The first kappa shape index (κ1) is 31.4. The average molecular weight is 620 g/mol. The van der Waals surface area contributed by atoms with E-state index >= 15 is 0 Å². The summed E-state index contributed by atoms with van der Waals surface area (Å²) in [7, 11) is -0.820. The van der Waals surface area contributed by atoms with Crippen molar-refractivity contribution >= 4 is 27.5 Å². The van der Waals surface area contributed by atoms with E-state index in [4.69, 9.17) is 9.47 Å². The van der Waals surface area contributed by atoms with Gasteiger partial charge in [0.15, 0.2) is 0 Å². The van der Waals surface area contributed by atoms with Gasteiger partial charge in [0.1, 0.15) is 18.1 Å². The highest BCUT2D eigenvalue weighted by atomic mass is 32.2. The zero-order chi connectivity index (χ0) is 31.3. The number of carbonyl (C=O) groups is 2. The Balaban J connectivity index is 1.44. The molecule has 2 aliphatic rings. The molecular formula is C33H37N3O7S. The molecule has 1 N–H and O–H groups in total. The van der Waals surface area contributed by atoms with Crippen molar-refractivity contribution in [1.82, 2.24) is 14.1 Å². The van der Waals surface area contributed by atoms with Gasteiger partial charge in [-0.15, -0.1) is 0 Å². The number of hydrogen-bond acceptors (Lipinski definition) is 8. The van der Waals surface area contributed by atoms with E-state index in [9.17, 15) is 23.1 Å². The number of hydrogen-bond donors (Lipinski definition) is 1. The number of sulfonamides is 1.